The van der Waals surface area contributed by atoms with Gasteiger partial charge in [-0.1, -0.05) is 6.07 Å². The number of hydrogen-bond acceptors (Lipinski definition) is 3. The zero-order valence-corrected chi connectivity index (χ0v) is 12.0. The zero-order valence-electron chi connectivity index (χ0n) is 12.0. The molecule has 0 saturated heterocycles. The van der Waals surface area contributed by atoms with E-state index in [2.05, 4.69) is 15.5 Å². The Balaban J connectivity index is 1.60. The molecule has 0 bridgehead atoms. The fourth-order valence-electron chi connectivity index (χ4n) is 2.16. The maximum absolute atomic E-state index is 13.5. The summed E-state index contributed by atoms with van der Waals surface area (Å²) in [5.74, 6) is -1.13. The first-order valence-electron chi connectivity index (χ1n) is 6.95. The normalized spacial score (nSPS) is 10.7. The van der Waals surface area contributed by atoms with Crippen LogP contribution in [-0.2, 0) is 6.42 Å². The van der Waals surface area contributed by atoms with Crippen LogP contribution in [0.5, 0.6) is 0 Å². The average Bonchev–Trinajstić information content (AvgIpc) is 3.20. The van der Waals surface area contributed by atoms with Crippen molar-refractivity contribution in [1.29, 1.82) is 0 Å². The van der Waals surface area contributed by atoms with Crippen LogP contribution in [0.25, 0.3) is 11.5 Å². The molecule has 0 aliphatic rings. The fraction of sp³-hybridized carbons (Fsp3) is 0.125. The maximum Gasteiger partial charge on any atom is 0.271 e. The van der Waals surface area contributed by atoms with E-state index in [0.717, 1.165) is 0 Å². The molecule has 2 heterocycles. The van der Waals surface area contributed by atoms with E-state index in [9.17, 15) is 13.6 Å². The van der Waals surface area contributed by atoms with E-state index >= 15 is 0 Å². The number of furan rings is 1. The Morgan fingerprint density at radius 3 is 2.70 bits per heavy atom. The van der Waals surface area contributed by atoms with Crippen molar-refractivity contribution in [3.05, 3.63) is 65.6 Å². The first-order valence-corrected chi connectivity index (χ1v) is 6.95. The molecule has 1 amide bonds. The second-order valence-electron chi connectivity index (χ2n) is 4.85. The van der Waals surface area contributed by atoms with Crippen LogP contribution >= 0.6 is 0 Å². The predicted octanol–water partition coefficient (Wildman–Crippen LogP) is 2.92. The molecular formula is C16H13F2N3O2. The maximum atomic E-state index is 13.5. The van der Waals surface area contributed by atoms with E-state index in [-0.39, 0.29) is 24.2 Å². The Kier molecular flexibility index (Phi) is 4.18. The minimum atomic E-state index is -0.626. The van der Waals surface area contributed by atoms with Crippen molar-refractivity contribution in [2.75, 3.05) is 6.54 Å². The van der Waals surface area contributed by atoms with Crippen molar-refractivity contribution < 1.29 is 18.0 Å². The summed E-state index contributed by atoms with van der Waals surface area (Å²) in [5.41, 5.74) is 0.691. The van der Waals surface area contributed by atoms with Gasteiger partial charge in [-0.2, -0.15) is 5.10 Å². The van der Waals surface area contributed by atoms with Gasteiger partial charge in [0.1, 0.15) is 17.3 Å². The molecule has 3 rings (SSSR count). The number of nitrogens with one attached hydrogen (secondary N) is 2. The van der Waals surface area contributed by atoms with Crippen molar-refractivity contribution in [2.24, 2.45) is 0 Å². The number of benzene rings is 1. The molecule has 3 aromatic rings. The second-order valence-corrected chi connectivity index (χ2v) is 4.85. The Bertz CT molecular complexity index is 792. The summed E-state index contributed by atoms with van der Waals surface area (Å²) in [6, 6.07) is 8.66. The molecule has 0 aliphatic heterocycles. The van der Waals surface area contributed by atoms with Crippen LogP contribution in [0.4, 0.5) is 8.78 Å². The number of nitrogens with zero attached hydrogens (tertiary/aromatic N) is 1. The molecule has 23 heavy (non-hydrogen) atoms. The molecule has 2 N–H and O–H groups in total. The molecule has 7 heteroatoms. The van der Waals surface area contributed by atoms with Crippen molar-refractivity contribution >= 4 is 5.91 Å². The average molecular weight is 317 g/mol. The Hall–Kier alpha value is -2.96. The molecule has 0 aliphatic carbocycles. The van der Waals surface area contributed by atoms with E-state index in [4.69, 9.17) is 4.42 Å². The number of aromatic nitrogens is 2. The lowest BCUT2D eigenvalue weighted by molar-refractivity contribution is 0.0949. The molecule has 1 aromatic carbocycles. The van der Waals surface area contributed by atoms with E-state index in [1.54, 1.807) is 12.1 Å². The summed E-state index contributed by atoms with van der Waals surface area (Å²) < 4.78 is 32.1. The van der Waals surface area contributed by atoms with E-state index < -0.39 is 17.5 Å². The molecule has 0 radical (unpaired) electrons. The quantitative estimate of drug-likeness (QED) is 0.760. The molecule has 0 atom stereocenters. The molecular weight excluding hydrogens is 304 g/mol. The monoisotopic (exact) mass is 317 g/mol. The summed E-state index contributed by atoms with van der Waals surface area (Å²) >= 11 is 0. The number of carbonyl (C=O) groups excluding carboxylic acids is 1. The Morgan fingerprint density at radius 1 is 1.22 bits per heavy atom. The predicted molar refractivity (Wildman–Crippen MR) is 78.7 cm³/mol. The van der Waals surface area contributed by atoms with Crippen LogP contribution in [0.1, 0.15) is 16.1 Å². The van der Waals surface area contributed by atoms with Gasteiger partial charge in [0.25, 0.3) is 5.91 Å². The van der Waals surface area contributed by atoms with Gasteiger partial charge in [0, 0.05) is 18.2 Å². The first kappa shape index (κ1) is 15.0. The lowest BCUT2D eigenvalue weighted by atomic mass is 10.1. The van der Waals surface area contributed by atoms with Gasteiger partial charge in [0.2, 0.25) is 0 Å². The van der Waals surface area contributed by atoms with Gasteiger partial charge in [-0.15, -0.1) is 0 Å². The van der Waals surface area contributed by atoms with Gasteiger partial charge in [-0.25, -0.2) is 8.78 Å². The summed E-state index contributed by atoms with van der Waals surface area (Å²) in [6.07, 6.45) is 1.57. The largest absolute Gasteiger partial charge is 0.463 e. The number of hydrogen-bond donors (Lipinski definition) is 2. The van der Waals surface area contributed by atoms with E-state index in [0.29, 0.717) is 11.5 Å². The SMILES string of the molecule is O=C(NCCc1c(F)cccc1F)c1cc(-c2ccco2)[nH]n1. The number of aromatic amines is 1. The number of H-pyrrole nitrogens is 1. The van der Waals surface area contributed by atoms with E-state index in [1.807, 2.05) is 0 Å². The number of rotatable bonds is 5. The second kappa shape index (κ2) is 6.43. The molecule has 118 valence electrons. The summed E-state index contributed by atoms with van der Waals surface area (Å²) in [6.45, 7) is 0.0969. The lowest BCUT2D eigenvalue weighted by Gasteiger charge is -2.05. The van der Waals surface area contributed by atoms with Gasteiger partial charge >= 0.3 is 0 Å². The van der Waals surface area contributed by atoms with Crippen LogP contribution in [0.15, 0.2) is 47.1 Å². The van der Waals surface area contributed by atoms with Crippen LogP contribution in [0.2, 0.25) is 0 Å². The van der Waals surface area contributed by atoms with Gasteiger partial charge in [-0.05, 0) is 30.7 Å². The standard InChI is InChI=1S/C16H13F2N3O2/c17-11-3-1-4-12(18)10(11)6-7-19-16(22)14-9-13(20-21-14)15-5-2-8-23-15/h1-5,8-9H,6-7H2,(H,19,22)(H,20,21). The molecule has 0 unspecified atom stereocenters. The Morgan fingerprint density at radius 2 is 2.00 bits per heavy atom. The van der Waals surface area contributed by atoms with Crippen molar-refractivity contribution in [3.63, 3.8) is 0 Å². The molecule has 2 aromatic heterocycles. The van der Waals surface area contributed by atoms with Gasteiger partial charge in [-0.3, -0.25) is 9.89 Å². The molecule has 5 nitrogen and oxygen atoms in total. The number of carbonyl (C=O) groups is 1. The van der Waals surface area contributed by atoms with E-state index in [1.165, 1.54) is 30.5 Å². The number of amides is 1. The fourth-order valence-corrected chi connectivity index (χ4v) is 2.16. The van der Waals surface area contributed by atoms with Gasteiger partial charge in [0.15, 0.2) is 11.5 Å². The van der Waals surface area contributed by atoms with Crippen LogP contribution in [0.3, 0.4) is 0 Å². The molecule has 0 fully saturated rings. The third-order valence-electron chi connectivity index (χ3n) is 3.32. The lowest BCUT2D eigenvalue weighted by Crippen LogP contribution is -2.26. The Labute approximate surface area is 130 Å². The molecule has 0 saturated carbocycles. The summed E-state index contributed by atoms with van der Waals surface area (Å²) in [4.78, 5) is 12.0. The smallest absolute Gasteiger partial charge is 0.271 e. The first-order chi connectivity index (χ1) is 11.1. The highest BCUT2D eigenvalue weighted by atomic mass is 19.1. The van der Waals surface area contributed by atoms with Crippen molar-refractivity contribution in [1.82, 2.24) is 15.5 Å². The molecule has 0 spiro atoms. The van der Waals surface area contributed by atoms with Gasteiger partial charge < -0.3 is 9.73 Å². The third kappa shape index (κ3) is 3.28. The third-order valence-corrected chi connectivity index (χ3v) is 3.32. The highest BCUT2D eigenvalue weighted by molar-refractivity contribution is 5.93. The van der Waals surface area contributed by atoms with Crippen LogP contribution < -0.4 is 5.32 Å². The highest BCUT2D eigenvalue weighted by Crippen LogP contribution is 2.17. The van der Waals surface area contributed by atoms with Crippen molar-refractivity contribution in [2.45, 2.75) is 6.42 Å². The number of halogens is 2. The van der Waals surface area contributed by atoms with Crippen LogP contribution in [-0.4, -0.2) is 22.6 Å². The highest BCUT2D eigenvalue weighted by Gasteiger charge is 2.13. The summed E-state index contributed by atoms with van der Waals surface area (Å²) in [5, 5.41) is 9.15. The van der Waals surface area contributed by atoms with Gasteiger partial charge in [0.05, 0.1) is 6.26 Å². The summed E-state index contributed by atoms with van der Waals surface area (Å²) in [7, 11) is 0. The topological polar surface area (TPSA) is 70.9 Å². The van der Waals surface area contributed by atoms with Crippen molar-refractivity contribution in [3.8, 4) is 11.5 Å². The minimum Gasteiger partial charge on any atom is -0.463 e. The van der Waals surface area contributed by atoms with Crippen LogP contribution in [0, 0.1) is 11.6 Å². The minimum absolute atomic E-state index is 0.0499. The zero-order chi connectivity index (χ0) is 16.2.